The van der Waals surface area contributed by atoms with Crippen molar-refractivity contribution in [2.45, 2.75) is 19.4 Å². The number of carbonyl (C=O) groups is 2. The molecule has 1 amide bonds. The molecule has 0 unspecified atom stereocenters. The number of anilines is 1. The Kier molecular flexibility index (Phi) is 5.86. The second kappa shape index (κ2) is 8.31. The number of hydrogen-bond donors (Lipinski definition) is 2. The van der Waals surface area contributed by atoms with E-state index in [0.29, 0.717) is 36.8 Å². The van der Waals surface area contributed by atoms with E-state index in [-0.39, 0.29) is 11.5 Å². The Morgan fingerprint density at radius 1 is 1.22 bits per heavy atom. The SMILES string of the molecule is COc1ccc(Cl)cc1NCCC(=O)N1CCc2ccc(C(=O)O)cc2C1. The van der Waals surface area contributed by atoms with Gasteiger partial charge in [0.05, 0.1) is 18.4 Å². The van der Waals surface area contributed by atoms with Crippen LogP contribution in [0.2, 0.25) is 5.02 Å². The van der Waals surface area contributed by atoms with Gasteiger partial charge in [-0.1, -0.05) is 17.7 Å². The first-order chi connectivity index (χ1) is 13.0. The van der Waals surface area contributed by atoms with Gasteiger partial charge in [-0.05, 0) is 47.9 Å². The number of hydrogen-bond acceptors (Lipinski definition) is 4. The average Bonchev–Trinajstić information content (AvgIpc) is 2.67. The van der Waals surface area contributed by atoms with Gasteiger partial charge in [-0.15, -0.1) is 0 Å². The van der Waals surface area contributed by atoms with E-state index in [1.54, 1.807) is 42.3 Å². The molecule has 6 nitrogen and oxygen atoms in total. The number of carboxylic acids is 1. The van der Waals surface area contributed by atoms with Gasteiger partial charge in [0.15, 0.2) is 0 Å². The Bertz CT molecular complexity index is 869. The molecule has 3 rings (SSSR count). The molecule has 0 aromatic heterocycles. The van der Waals surface area contributed by atoms with Crippen LogP contribution in [-0.2, 0) is 17.8 Å². The molecule has 0 fully saturated rings. The third-order valence-electron chi connectivity index (χ3n) is 4.63. The summed E-state index contributed by atoms with van der Waals surface area (Å²) in [6, 6.07) is 10.4. The second-order valence-electron chi connectivity index (χ2n) is 6.38. The number of halogens is 1. The second-order valence-corrected chi connectivity index (χ2v) is 6.81. The minimum atomic E-state index is -0.957. The van der Waals surface area contributed by atoms with Crippen molar-refractivity contribution in [1.29, 1.82) is 0 Å². The van der Waals surface area contributed by atoms with Crippen LogP contribution in [0.5, 0.6) is 5.75 Å². The number of rotatable bonds is 6. The van der Waals surface area contributed by atoms with Crippen LogP contribution in [0.1, 0.15) is 27.9 Å². The first kappa shape index (κ1) is 19.0. The minimum Gasteiger partial charge on any atom is -0.495 e. The number of fused-ring (bicyclic) bond motifs is 1. The summed E-state index contributed by atoms with van der Waals surface area (Å²) in [5.41, 5.74) is 3.00. The van der Waals surface area contributed by atoms with Crippen molar-refractivity contribution < 1.29 is 19.4 Å². The van der Waals surface area contributed by atoms with Crippen LogP contribution in [0.4, 0.5) is 5.69 Å². The average molecular weight is 389 g/mol. The highest BCUT2D eigenvalue weighted by molar-refractivity contribution is 6.30. The van der Waals surface area contributed by atoms with E-state index in [2.05, 4.69) is 5.32 Å². The number of methoxy groups -OCH3 is 1. The first-order valence-electron chi connectivity index (χ1n) is 8.68. The van der Waals surface area contributed by atoms with E-state index in [4.69, 9.17) is 21.4 Å². The molecule has 2 N–H and O–H groups in total. The highest BCUT2D eigenvalue weighted by Gasteiger charge is 2.21. The van der Waals surface area contributed by atoms with Crippen molar-refractivity contribution in [3.05, 3.63) is 58.1 Å². The fraction of sp³-hybridized carbons (Fsp3) is 0.300. The fourth-order valence-electron chi connectivity index (χ4n) is 3.18. The van der Waals surface area contributed by atoms with E-state index < -0.39 is 5.97 Å². The first-order valence-corrected chi connectivity index (χ1v) is 9.06. The van der Waals surface area contributed by atoms with E-state index in [1.165, 1.54) is 0 Å². The number of ether oxygens (including phenoxy) is 1. The largest absolute Gasteiger partial charge is 0.495 e. The van der Waals surface area contributed by atoms with Crippen LogP contribution in [0, 0.1) is 0 Å². The number of aromatic carboxylic acids is 1. The Labute approximate surface area is 162 Å². The molecule has 0 saturated heterocycles. The molecule has 0 radical (unpaired) electrons. The van der Waals surface area contributed by atoms with Crippen LogP contribution in [-0.4, -0.2) is 42.1 Å². The van der Waals surface area contributed by atoms with Crippen molar-refractivity contribution in [2.24, 2.45) is 0 Å². The Morgan fingerprint density at radius 2 is 2.04 bits per heavy atom. The molecule has 1 aliphatic rings. The summed E-state index contributed by atoms with van der Waals surface area (Å²) in [5, 5.41) is 12.9. The number of carboxylic acid groups (broad SMARTS) is 1. The standard InChI is InChI=1S/C20H21ClN2O4/c1-27-18-5-4-16(21)11-17(18)22-8-6-19(24)23-9-7-13-2-3-14(20(25)26)10-15(13)12-23/h2-5,10-11,22H,6-9,12H2,1H3,(H,25,26). The van der Waals surface area contributed by atoms with E-state index in [1.807, 2.05) is 6.07 Å². The quantitative estimate of drug-likeness (QED) is 0.792. The molecule has 1 heterocycles. The zero-order chi connectivity index (χ0) is 19.4. The van der Waals surface area contributed by atoms with Crippen molar-refractivity contribution in [1.82, 2.24) is 4.90 Å². The molecule has 1 aliphatic heterocycles. The number of carbonyl (C=O) groups excluding carboxylic acids is 1. The molecule has 0 saturated carbocycles. The normalized spacial score (nSPS) is 13.0. The van der Waals surface area contributed by atoms with E-state index in [9.17, 15) is 9.59 Å². The maximum Gasteiger partial charge on any atom is 0.335 e. The molecule has 0 bridgehead atoms. The van der Waals surface area contributed by atoms with Gasteiger partial charge < -0.3 is 20.1 Å². The maximum absolute atomic E-state index is 12.6. The molecule has 2 aromatic carbocycles. The summed E-state index contributed by atoms with van der Waals surface area (Å²) in [6.07, 6.45) is 1.06. The summed E-state index contributed by atoms with van der Waals surface area (Å²) in [4.78, 5) is 25.5. The predicted octanol–water partition coefficient (Wildman–Crippen LogP) is 3.43. The highest BCUT2D eigenvalue weighted by atomic mass is 35.5. The van der Waals surface area contributed by atoms with Crippen LogP contribution >= 0.6 is 11.6 Å². The van der Waals surface area contributed by atoms with Gasteiger partial charge in [0.25, 0.3) is 0 Å². The number of nitrogens with zero attached hydrogens (tertiary/aromatic N) is 1. The van der Waals surface area contributed by atoms with Crippen molar-refractivity contribution in [3.8, 4) is 5.75 Å². The van der Waals surface area contributed by atoms with Gasteiger partial charge in [0.1, 0.15) is 5.75 Å². The smallest absolute Gasteiger partial charge is 0.335 e. The lowest BCUT2D eigenvalue weighted by molar-refractivity contribution is -0.131. The van der Waals surface area contributed by atoms with Crippen LogP contribution in [0.25, 0.3) is 0 Å². The maximum atomic E-state index is 12.6. The predicted molar refractivity (Wildman–Crippen MR) is 104 cm³/mol. The van der Waals surface area contributed by atoms with Crippen molar-refractivity contribution in [2.75, 3.05) is 25.5 Å². The Hall–Kier alpha value is -2.73. The molecule has 0 aliphatic carbocycles. The highest BCUT2D eigenvalue weighted by Crippen LogP contribution is 2.27. The molecule has 0 atom stereocenters. The molecular weight excluding hydrogens is 368 g/mol. The molecular formula is C20H21ClN2O4. The lowest BCUT2D eigenvalue weighted by Crippen LogP contribution is -2.36. The topological polar surface area (TPSA) is 78.9 Å². The molecule has 142 valence electrons. The lowest BCUT2D eigenvalue weighted by atomic mass is 9.97. The minimum absolute atomic E-state index is 0.0230. The summed E-state index contributed by atoms with van der Waals surface area (Å²) >= 11 is 6.01. The third kappa shape index (κ3) is 4.52. The Morgan fingerprint density at radius 3 is 2.78 bits per heavy atom. The monoisotopic (exact) mass is 388 g/mol. The van der Waals surface area contributed by atoms with Gasteiger partial charge in [-0.3, -0.25) is 4.79 Å². The number of benzene rings is 2. The van der Waals surface area contributed by atoms with Crippen LogP contribution in [0.15, 0.2) is 36.4 Å². The van der Waals surface area contributed by atoms with Gasteiger partial charge >= 0.3 is 5.97 Å². The van der Waals surface area contributed by atoms with Gasteiger partial charge in [-0.25, -0.2) is 4.79 Å². The summed E-state index contributed by atoms with van der Waals surface area (Å²) < 4.78 is 5.28. The third-order valence-corrected chi connectivity index (χ3v) is 4.87. The molecule has 0 spiro atoms. The van der Waals surface area contributed by atoms with Crippen LogP contribution < -0.4 is 10.1 Å². The van der Waals surface area contributed by atoms with Crippen molar-refractivity contribution >= 4 is 29.2 Å². The Balaban J connectivity index is 1.59. The lowest BCUT2D eigenvalue weighted by Gasteiger charge is -2.29. The summed E-state index contributed by atoms with van der Waals surface area (Å²) in [7, 11) is 1.58. The van der Waals surface area contributed by atoms with Gasteiger partial charge in [-0.2, -0.15) is 0 Å². The summed E-state index contributed by atoms with van der Waals surface area (Å²) in [5.74, 6) is -0.268. The van der Waals surface area contributed by atoms with E-state index >= 15 is 0 Å². The number of nitrogens with one attached hydrogen (secondary N) is 1. The molecule has 2 aromatic rings. The van der Waals surface area contributed by atoms with Gasteiger partial charge in [0, 0.05) is 31.1 Å². The number of amides is 1. The molecule has 27 heavy (non-hydrogen) atoms. The summed E-state index contributed by atoms with van der Waals surface area (Å²) in [6.45, 7) is 1.53. The zero-order valence-electron chi connectivity index (χ0n) is 15.0. The molecule has 7 heteroatoms. The van der Waals surface area contributed by atoms with Gasteiger partial charge in [0.2, 0.25) is 5.91 Å². The fourth-order valence-corrected chi connectivity index (χ4v) is 3.36. The van der Waals surface area contributed by atoms with Crippen molar-refractivity contribution in [3.63, 3.8) is 0 Å². The van der Waals surface area contributed by atoms with Crippen LogP contribution in [0.3, 0.4) is 0 Å². The van der Waals surface area contributed by atoms with E-state index in [0.717, 1.165) is 23.2 Å². The zero-order valence-corrected chi connectivity index (χ0v) is 15.8.